The number of fused-ring (bicyclic) bond motifs is 1. The van der Waals surface area contributed by atoms with Crippen LogP contribution in [0.15, 0.2) is 53.1 Å². The van der Waals surface area contributed by atoms with Crippen LogP contribution in [0.4, 0.5) is 5.88 Å². The fourth-order valence-corrected chi connectivity index (χ4v) is 2.61. The molecular weight excluding hydrogens is 302 g/mol. The van der Waals surface area contributed by atoms with Crippen LogP contribution in [0.3, 0.4) is 0 Å². The number of anilines is 1. The summed E-state index contributed by atoms with van der Waals surface area (Å²) in [6.45, 7) is 4.38. The van der Waals surface area contributed by atoms with Crippen LogP contribution < -0.4 is 5.32 Å². The van der Waals surface area contributed by atoms with Gasteiger partial charge in [-0.15, -0.1) is 0 Å². The predicted octanol–water partition coefficient (Wildman–Crippen LogP) is 3.60. The second-order valence-corrected chi connectivity index (χ2v) is 6.09. The Morgan fingerprint density at radius 2 is 1.96 bits per heavy atom. The van der Waals surface area contributed by atoms with Gasteiger partial charge in [0, 0.05) is 12.6 Å². The molecule has 0 bridgehead atoms. The third-order valence-corrected chi connectivity index (χ3v) is 4.16. The normalized spacial score (nSPS) is 12.5. The highest BCUT2D eigenvalue weighted by molar-refractivity contribution is 5.93. The zero-order chi connectivity index (χ0) is 17.1. The van der Waals surface area contributed by atoms with E-state index >= 15 is 0 Å². The predicted molar refractivity (Wildman–Crippen MR) is 94.7 cm³/mol. The maximum Gasteiger partial charge on any atom is 0.243 e. The third-order valence-electron chi connectivity index (χ3n) is 4.16. The highest BCUT2D eigenvalue weighted by Crippen LogP contribution is 2.17. The number of amides is 1. The van der Waals surface area contributed by atoms with Crippen molar-refractivity contribution in [2.45, 2.75) is 26.4 Å². The molecule has 0 aliphatic heterocycles. The second-order valence-electron chi connectivity index (χ2n) is 6.09. The molecule has 1 heterocycles. The zero-order valence-electron chi connectivity index (χ0n) is 14.1. The second kappa shape index (κ2) is 6.84. The van der Waals surface area contributed by atoms with Crippen molar-refractivity contribution >= 4 is 22.6 Å². The van der Waals surface area contributed by atoms with Crippen LogP contribution in [0.25, 0.3) is 10.8 Å². The minimum Gasteiger partial charge on any atom is -0.338 e. The van der Waals surface area contributed by atoms with E-state index in [1.165, 1.54) is 16.3 Å². The molecule has 1 aromatic heterocycles. The number of carbonyl (C=O) groups excluding carboxylic acids is 1. The van der Waals surface area contributed by atoms with Gasteiger partial charge >= 0.3 is 0 Å². The molecule has 5 heteroatoms. The lowest BCUT2D eigenvalue weighted by atomic mass is 10.1. The first kappa shape index (κ1) is 16.2. The van der Waals surface area contributed by atoms with Crippen LogP contribution in [0, 0.1) is 6.92 Å². The van der Waals surface area contributed by atoms with E-state index in [0.29, 0.717) is 12.4 Å². The summed E-state index contributed by atoms with van der Waals surface area (Å²) < 4.78 is 5.03. The molecule has 0 fully saturated rings. The number of hydrogen-bond donors (Lipinski definition) is 1. The van der Waals surface area contributed by atoms with Gasteiger partial charge in [0.05, 0.1) is 11.7 Å². The van der Waals surface area contributed by atoms with Crippen LogP contribution in [0.2, 0.25) is 0 Å². The van der Waals surface area contributed by atoms with Gasteiger partial charge in [-0.2, -0.15) is 0 Å². The standard InChI is InChI=1S/C19H21N3O2/c1-13-10-18(24-21-13)20-19(23)14(2)22(3)12-15-8-9-16-6-4-5-7-17(16)11-15/h4-11,14H,12H2,1-3H3,(H,20,23). The summed E-state index contributed by atoms with van der Waals surface area (Å²) in [6.07, 6.45) is 0. The fraction of sp³-hybridized carbons (Fsp3) is 0.263. The molecule has 0 radical (unpaired) electrons. The highest BCUT2D eigenvalue weighted by Gasteiger charge is 2.19. The van der Waals surface area contributed by atoms with Crippen molar-refractivity contribution in [3.63, 3.8) is 0 Å². The van der Waals surface area contributed by atoms with Gasteiger partial charge in [-0.25, -0.2) is 0 Å². The maximum atomic E-state index is 12.3. The molecule has 3 aromatic rings. The lowest BCUT2D eigenvalue weighted by molar-refractivity contribution is -0.120. The van der Waals surface area contributed by atoms with Crippen molar-refractivity contribution in [3.05, 3.63) is 59.8 Å². The van der Waals surface area contributed by atoms with Crippen LogP contribution in [0.5, 0.6) is 0 Å². The van der Waals surface area contributed by atoms with E-state index in [-0.39, 0.29) is 11.9 Å². The van der Waals surface area contributed by atoms with E-state index in [1.807, 2.05) is 37.9 Å². The number of nitrogens with one attached hydrogen (secondary N) is 1. The van der Waals surface area contributed by atoms with Gasteiger partial charge in [0.2, 0.25) is 11.8 Å². The Morgan fingerprint density at radius 1 is 1.21 bits per heavy atom. The summed E-state index contributed by atoms with van der Waals surface area (Å²) in [4.78, 5) is 14.3. The van der Waals surface area contributed by atoms with Crippen LogP contribution in [-0.2, 0) is 11.3 Å². The van der Waals surface area contributed by atoms with E-state index in [4.69, 9.17) is 4.52 Å². The van der Waals surface area contributed by atoms with E-state index in [1.54, 1.807) is 6.07 Å². The number of rotatable bonds is 5. The molecule has 0 spiro atoms. The Kier molecular flexibility index (Phi) is 4.62. The zero-order valence-corrected chi connectivity index (χ0v) is 14.1. The average Bonchev–Trinajstić information content (AvgIpc) is 2.98. The van der Waals surface area contributed by atoms with Crippen molar-refractivity contribution in [2.24, 2.45) is 0 Å². The van der Waals surface area contributed by atoms with Gasteiger partial charge in [0.15, 0.2) is 0 Å². The Hall–Kier alpha value is -2.66. The molecule has 24 heavy (non-hydrogen) atoms. The number of benzene rings is 2. The molecule has 1 N–H and O–H groups in total. The van der Waals surface area contributed by atoms with E-state index < -0.39 is 0 Å². The average molecular weight is 323 g/mol. The van der Waals surface area contributed by atoms with Gasteiger partial charge in [-0.1, -0.05) is 41.6 Å². The minimum atomic E-state index is -0.290. The summed E-state index contributed by atoms with van der Waals surface area (Å²) in [6, 6.07) is 16.0. The molecular formula is C19H21N3O2. The van der Waals surface area contributed by atoms with Gasteiger partial charge in [-0.05, 0) is 43.3 Å². The van der Waals surface area contributed by atoms with Gasteiger partial charge in [0.25, 0.3) is 0 Å². The molecule has 124 valence electrons. The molecule has 1 amide bonds. The number of aryl methyl sites for hydroxylation is 1. The van der Waals surface area contributed by atoms with Crippen molar-refractivity contribution in [2.75, 3.05) is 12.4 Å². The molecule has 5 nitrogen and oxygen atoms in total. The first-order valence-electron chi connectivity index (χ1n) is 7.95. The van der Waals surface area contributed by atoms with Crippen LogP contribution in [-0.4, -0.2) is 29.1 Å². The molecule has 0 aliphatic carbocycles. The van der Waals surface area contributed by atoms with E-state index in [2.05, 4.69) is 40.8 Å². The monoisotopic (exact) mass is 323 g/mol. The maximum absolute atomic E-state index is 12.3. The summed E-state index contributed by atoms with van der Waals surface area (Å²) >= 11 is 0. The molecule has 2 aromatic carbocycles. The molecule has 0 saturated heterocycles. The Morgan fingerprint density at radius 3 is 2.67 bits per heavy atom. The quantitative estimate of drug-likeness (QED) is 0.779. The van der Waals surface area contributed by atoms with Crippen molar-refractivity contribution < 1.29 is 9.32 Å². The minimum absolute atomic E-state index is 0.116. The Balaban J connectivity index is 1.65. The topological polar surface area (TPSA) is 58.4 Å². The van der Waals surface area contributed by atoms with Gasteiger partial charge < -0.3 is 4.52 Å². The number of likely N-dealkylation sites (N-methyl/N-ethyl adjacent to an activating group) is 1. The fourth-order valence-electron chi connectivity index (χ4n) is 2.61. The van der Waals surface area contributed by atoms with Crippen molar-refractivity contribution in [1.29, 1.82) is 0 Å². The summed E-state index contributed by atoms with van der Waals surface area (Å²) in [5.41, 5.74) is 1.91. The van der Waals surface area contributed by atoms with Crippen molar-refractivity contribution in [1.82, 2.24) is 10.1 Å². The third kappa shape index (κ3) is 3.63. The number of carbonyl (C=O) groups is 1. The highest BCUT2D eigenvalue weighted by atomic mass is 16.5. The molecule has 0 aliphatic rings. The van der Waals surface area contributed by atoms with Crippen LogP contribution >= 0.6 is 0 Å². The number of nitrogens with zero attached hydrogens (tertiary/aromatic N) is 2. The van der Waals surface area contributed by atoms with E-state index in [0.717, 1.165) is 5.69 Å². The SMILES string of the molecule is Cc1cc(NC(=O)C(C)N(C)Cc2ccc3ccccc3c2)on1. The first-order valence-corrected chi connectivity index (χ1v) is 7.95. The largest absolute Gasteiger partial charge is 0.338 e. The summed E-state index contributed by atoms with van der Waals surface area (Å²) in [5, 5.41) is 8.94. The molecule has 3 rings (SSSR count). The smallest absolute Gasteiger partial charge is 0.243 e. The molecule has 0 saturated carbocycles. The summed E-state index contributed by atoms with van der Waals surface area (Å²) in [5.74, 6) is 0.262. The van der Waals surface area contributed by atoms with Gasteiger partial charge in [0.1, 0.15) is 0 Å². The molecule has 1 atom stereocenters. The number of hydrogen-bond acceptors (Lipinski definition) is 4. The van der Waals surface area contributed by atoms with Gasteiger partial charge in [-0.3, -0.25) is 15.0 Å². The summed E-state index contributed by atoms with van der Waals surface area (Å²) in [7, 11) is 1.94. The number of aromatic nitrogens is 1. The first-order chi connectivity index (χ1) is 11.5. The Labute approximate surface area is 141 Å². The van der Waals surface area contributed by atoms with Crippen LogP contribution in [0.1, 0.15) is 18.2 Å². The molecule has 1 unspecified atom stereocenters. The van der Waals surface area contributed by atoms with E-state index in [9.17, 15) is 4.79 Å². The lowest BCUT2D eigenvalue weighted by Crippen LogP contribution is -2.39. The Bertz CT molecular complexity index is 856. The van der Waals surface area contributed by atoms with Crippen molar-refractivity contribution in [3.8, 4) is 0 Å². The lowest BCUT2D eigenvalue weighted by Gasteiger charge is -2.23.